The number of amides is 6. The van der Waals surface area contributed by atoms with Gasteiger partial charge in [-0.1, -0.05) is 27.7 Å². The standard InChI is InChI=1S/C29H54N6O6/c1-22(2)8-10-24(36)32-18-14-28(40)34-20-12-26(38)30-16-6-5-7-17-31-27(39)13-21-35-29(41)15-19-33-25(37)11-9-23(3)4/h22-23H,5-21H2,1-4H3,(H,30,38)(H,31,39)(H,32,36)(H,33,37)(H,34,40)(H,35,41). The second-order valence-corrected chi connectivity index (χ2v) is 11.0. The summed E-state index contributed by atoms with van der Waals surface area (Å²) in [5.41, 5.74) is 0. The van der Waals surface area contributed by atoms with Crippen LogP contribution in [0.2, 0.25) is 0 Å². The highest BCUT2D eigenvalue weighted by Crippen LogP contribution is 2.03. The summed E-state index contributed by atoms with van der Waals surface area (Å²) in [6, 6.07) is 0. The van der Waals surface area contributed by atoms with Crippen LogP contribution in [0.3, 0.4) is 0 Å². The van der Waals surface area contributed by atoms with Crippen LogP contribution >= 0.6 is 0 Å². The average Bonchev–Trinajstić information content (AvgIpc) is 2.90. The molecule has 0 aliphatic carbocycles. The van der Waals surface area contributed by atoms with Gasteiger partial charge in [-0.15, -0.1) is 0 Å². The van der Waals surface area contributed by atoms with Gasteiger partial charge in [0.25, 0.3) is 0 Å². The molecule has 6 amide bonds. The van der Waals surface area contributed by atoms with Crippen LogP contribution in [0.25, 0.3) is 0 Å². The van der Waals surface area contributed by atoms with Gasteiger partial charge >= 0.3 is 0 Å². The van der Waals surface area contributed by atoms with Gasteiger partial charge < -0.3 is 31.9 Å². The quantitative estimate of drug-likeness (QED) is 0.0935. The minimum absolute atomic E-state index is 0.0540. The molecule has 0 saturated carbocycles. The summed E-state index contributed by atoms with van der Waals surface area (Å²) in [4.78, 5) is 70.7. The van der Waals surface area contributed by atoms with Crippen LogP contribution in [0.1, 0.15) is 98.3 Å². The van der Waals surface area contributed by atoms with Crippen molar-refractivity contribution >= 4 is 35.4 Å². The maximum Gasteiger partial charge on any atom is 0.221 e. The van der Waals surface area contributed by atoms with Crippen molar-refractivity contribution in [3.8, 4) is 0 Å². The molecule has 12 nitrogen and oxygen atoms in total. The van der Waals surface area contributed by atoms with Crippen LogP contribution < -0.4 is 31.9 Å². The Balaban J connectivity index is 3.59. The first kappa shape index (κ1) is 37.8. The molecule has 0 aliphatic rings. The van der Waals surface area contributed by atoms with E-state index in [1.54, 1.807) is 0 Å². The largest absolute Gasteiger partial charge is 0.356 e. The summed E-state index contributed by atoms with van der Waals surface area (Å²) in [5, 5.41) is 16.4. The molecule has 0 radical (unpaired) electrons. The normalized spacial score (nSPS) is 10.7. The minimum atomic E-state index is -0.204. The molecule has 12 heteroatoms. The van der Waals surface area contributed by atoms with E-state index in [2.05, 4.69) is 59.6 Å². The van der Waals surface area contributed by atoms with Crippen LogP contribution in [0.4, 0.5) is 0 Å². The number of unbranched alkanes of at least 4 members (excludes halogenated alkanes) is 2. The van der Waals surface area contributed by atoms with Crippen molar-refractivity contribution in [3.63, 3.8) is 0 Å². The molecular formula is C29H54N6O6. The highest BCUT2D eigenvalue weighted by Gasteiger charge is 2.08. The van der Waals surface area contributed by atoms with E-state index in [-0.39, 0.29) is 87.3 Å². The Labute approximate surface area is 245 Å². The van der Waals surface area contributed by atoms with E-state index in [0.29, 0.717) is 37.8 Å². The zero-order valence-corrected chi connectivity index (χ0v) is 25.6. The molecule has 41 heavy (non-hydrogen) atoms. The predicted molar refractivity (Wildman–Crippen MR) is 159 cm³/mol. The molecule has 0 unspecified atom stereocenters. The van der Waals surface area contributed by atoms with E-state index in [1.807, 2.05) is 0 Å². The molecule has 0 bridgehead atoms. The van der Waals surface area contributed by atoms with Gasteiger partial charge in [-0.3, -0.25) is 28.8 Å². The number of hydrogen-bond donors (Lipinski definition) is 6. The summed E-state index contributed by atoms with van der Waals surface area (Å²) in [7, 11) is 0. The number of carbonyl (C=O) groups is 6. The first-order valence-electron chi connectivity index (χ1n) is 15.1. The van der Waals surface area contributed by atoms with Gasteiger partial charge in [0.2, 0.25) is 35.4 Å². The summed E-state index contributed by atoms with van der Waals surface area (Å²) in [6.07, 6.45) is 5.66. The molecule has 6 N–H and O–H groups in total. The Morgan fingerprint density at radius 1 is 0.366 bits per heavy atom. The van der Waals surface area contributed by atoms with Gasteiger partial charge in [-0.05, 0) is 43.9 Å². The topological polar surface area (TPSA) is 175 Å². The lowest BCUT2D eigenvalue weighted by Gasteiger charge is -2.09. The summed E-state index contributed by atoms with van der Waals surface area (Å²) >= 11 is 0. The second-order valence-electron chi connectivity index (χ2n) is 11.0. The fraction of sp³-hybridized carbons (Fsp3) is 0.793. The molecule has 0 rings (SSSR count). The maximum absolute atomic E-state index is 11.9. The van der Waals surface area contributed by atoms with Crippen LogP contribution in [-0.4, -0.2) is 74.7 Å². The maximum atomic E-state index is 11.9. The molecular weight excluding hydrogens is 528 g/mol. The Hall–Kier alpha value is -3.18. The molecule has 0 fully saturated rings. The minimum Gasteiger partial charge on any atom is -0.356 e. The Bertz CT molecular complexity index is 739. The lowest BCUT2D eigenvalue weighted by Crippen LogP contribution is -2.34. The smallest absolute Gasteiger partial charge is 0.221 e. The van der Waals surface area contributed by atoms with Crippen molar-refractivity contribution in [3.05, 3.63) is 0 Å². The Kier molecular flexibility index (Phi) is 22.7. The van der Waals surface area contributed by atoms with Gasteiger partial charge in [0.1, 0.15) is 0 Å². The Morgan fingerprint density at radius 3 is 0.878 bits per heavy atom. The van der Waals surface area contributed by atoms with Crippen molar-refractivity contribution in [2.24, 2.45) is 11.8 Å². The fourth-order valence-corrected chi connectivity index (χ4v) is 3.51. The molecule has 0 heterocycles. The number of nitrogens with one attached hydrogen (secondary N) is 6. The second kappa shape index (κ2) is 24.6. The van der Waals surface area contributed by atoms with Crippen LogP contribution in [0.5, 0.6) is 0 Å². The molecule has 0 atom stereocenters. The SMILES string of the molecule is CC(C)CCC(=O)NCCC(=O)NCCC(=O)NCCCCCNC(=O)CCNC(=O)CCNC(=O)CCC(C)C. The number of rotatable bonds is 24. The third-order valence-electron chi connectivity index (χ3n) is 6.09. The molecule has 0 saturated heterocycles. The molecule has 236 valence electrons. The summed E-state index contributed by atoms with van der Waals surface area (Å²) in [6.45, 7) is 10.3. The fourth-order valence-electron chi connectivity index (χ4n) is 3.51. The lowest BCUT2D eigenvalue weighted by atomic mass is 10.1. The zero-order chi connectivity index (χ0) is 30.9. The van der Waals surface area contributed by atoms with Crippen LogP contribution in [0, 0.1) is 11.8 Å². The van der Waals surface area contributed by atoms with Crippen LogP contribution in [0.15, 0.2) is 0 Å². The zero-order valence-electron chi connectivity index (χ0n) is 25.6. The van der Waals surface area contributed by atoms with E-state index < -0.39 is 0 Å². The van der Waals surface area contributed by atoms with Crippen molar-refractivity contribution in [1.29, 1.82) is 0 Å². The predicted octanol–water partition coefficient (Wildman–Crippen LogP) is 1.29. The van der Waals surface area contributed by atoms with Gasteiger partial charge in [0.15, 0.2) is 0 Å². The van der Waals surface area contributed by atoms with Crippen molar-refractivity contribution in [2.75, 3.05) is 39.3 Å². The first-order valence-corrected chi connectivity index (χ1v) is 15.1. The highest BCUT2D eigenvalue weighted by molar-refractivity contribution is 5.81. The highest BCUT2D eigenvalue weighted by atomic mass is 16.2. The third kappa shape index (κ3) is 26.8. The van der Waals surface area contributed by atoms with Crippen molar-refractivity contribution in [2.45, 2.75) is 98.3 Å². The number of carbonyl (C=O) groups excluding carboxylic acids is 6. The molecule has 0 aromatic rings. The van der Waals surface area contributed by atoms with Gasteiger partial charge in [-0.2, -0.15) is 0 Å². The van der Waals surface area contributed by atoms with Gasteiger partial charge in [-0.25, -0.2) is 0 Å². The van der Waals surface area contributed by atoms with Crippen LogP contribution in [-0.2, 0) is 28.8 Å². The van der Waals surface area contributed by atoms with Gasteiger partial charge in [0.05, 0.1) is 0 Å². The molecule has 0 spiro atoms. The first-order chi connectivity index (χ1) is 19.5. The Morgan fingerprint density at radius 2 is 0.610 bits per heavy atom. The molecule has 0 aromatic heterocycles. The van der Waals surface area contributed by atoms with Gasteiger partial charge in [0, 0.05) is 77.8 Å². The number of hydrogen-bond acceptors (Lipinski definition) is 6. The third-order valence-corrected chi connectivity index (χ3v) is 6.09. The van der Waals surface area contributed by atoms with Crippen molar-refractivity contribution < 1.29 is 28.8 Å². The molecule has 0 aromatic carbocycles. The molecule has 0 aliphatic heterocycles. The van der Waals surface area contributed by atoms with E-state index in [1.165, 1.54) is 0 Å². The van der Waals surface area contributed by atoms with E-state index in [9.17, 15) is 28.8 Å². The van der Waals surface area contributed by atoms with E-state index in [4.69, 9.17) is 0 Å². The lowest BCUT2D eigenvalue weighted by molar-refractivity contribution is -0.125. The van der Waals surface area contributed by atoms with E-state index >= 15 is 0 Å². The monoisotopic (exact) mass is 582 g/mol. The van der Waals surface area contributed by atoms with E-state index in [0.717, 1.165) is 32.1 Å². The summed E-state index contributed by atoms with van der Waals surface area (Å²) < 4.78 is 0. The summed E-state index contributed by atoms with van der Waals surface area (Å²) in [5.74, 6) is 0.115. The average molecular weight is 583 g/mol. The van der Waals surface area contributed by atoms with Crippen molar-refractivity contribution in [1.82, 2.24) is 31.9 Å².